The number of nitrogens with zero attached hydrogens (tertiary/aromatic N) is 2. The number of carbonyl (C=O) groups is 1. The first-order valence-electron chi connectivity index (χ1n) is 7.46. The lowest BCUT2D eigenvalue weighted by atomic mass is 10.2. The van der Waals surface area contributed by atoms with E-state index >= 15 is 0 Å². The van der Waals surface area contributed by atoms with Gasteiger partial charge >= 0.3 is 0 Å². The Morgan fingerprint density at radius 1 is 1.24 bits per heavy atom. The number of halogens is 2. The largest absolute Gasteiger partial charge is 0.350 e. The van der Waals surface area contributed by atoms with E-state index in [1.165, 1.54) is 6.07 Å². The van der Waals surface area contributed by atoms with E-state index in [-0.39, 0.29) is 24.8 Å². The third kappa shape index (κ3) is 4.12. The second-order valence-electron chi connectivity index (χ2n) is 5.31. The number of hydrogen-bond acceptors (Lipinski definition) is 3. The van der Waals surface area contributed by atoms with Crippen LogP contribution in [-0.2, 0) is 17.9 Å². The molecule has 0 bridgehead atoms. The van der Waals surface area contributed by atoms with Crippen molar-refractivity contribution in [1.82, 2.24) is 20.1 Å². The topological polar surface area (TPSA) is 62.7 Å². The summed E-state index contributed by atoms with van der Waals surface area (Å²) in [5.41, 5.74) is 1.20. The van der Waals surface area contributed by atoms with Gasteiger partial charge in [0.15, 0.2) is 10.6 Å². The molecule has 0 fully saturated rings. The van der Waals surface area contributed by atoms with Crippen molar-refractivity contribution in [1.29, 1.82) is 0 Å². The summed E-state index contributed by atoms with van der Waals surface area (Å²) >= 11 is 11.1. The van der Waals surface area contributed by atoms with Crippen molar-refractivity contribution < 1.29 is 9.18 Å². The Balaban J connectivity index is 1.73. The van der Waals surface area contributed by atoms with E-state index in [9.17, 15) is 9.18 Å². The van der Waals surface area contributed by atoms with Crippen molar-refractivity contribution in [3.05, 3.63) is 69.7 Å². The van der Waals surface area contributed by atoms with Crippen LogP contribution in [0.4, 0.5) is 4.39 Å². The van der Waals surface area contributed by atoms with Crippen LogP contribution in [-0.4, -0.2) is 20.7 Å². The molecule has 8 heteroatoms. The van der Waals surface area contributed by atoms with Gasteiger partial charge < -0.3 is 5.32 Å². The van der Waals surface area contributed by atoms with E-state index in [0.717, 1.165) is 5.56 Å². The van der Waals surface area contributed by atoms with E-state index in [1.54, 1.807) is 47.0 Å². The molecule has 25 heavy (non-hydrogen) atoms. The molecule has 0 radical (unpaired) electrons. The molecule has 5 nitrogen and oxygen atoms in total. The number of nitrogens with one attached hydrogen (secondary N) is 2. The average molecular weight is 377 g/mol. The zero-order valence-electron chi connectivity index (χ0n) is 13.0. The molecule has 0 saturated heterocycles. The summed E-state index contributed by atoms with van der Waals surface area (Å²) in [5.74, 6) is -0.122. The maximum Gasteiger partial charge on any atom is 0.240 e. The number of aromatic amines is 1. The number of benzene rings is 2. The van der Waals surface area contributed by atoms with E-state index in [0.29, 0.717) is 21.2 Å². The molecule has 0 aliphatic heterocycles. The van der Waals surface area contributed by atoms with Crippen LogP contribution in [0.3, 0.4) is 0 Å². The lowest BCUT2D eigenvalue weighted by molar-refractivity contribution is -0.121. The van der Waals surface area contributed by atoms with Crippen LogP contribution in [0.1, 0.15) is 5.56 Å². The fraction of sp³-hybridized carbons (Fsp3) is 0.118. The predicted molar refractivity (Wildman–Crippen MR) is 96.1 cm³/mol. The number of amides is 1. The summed E-state index contributed by atoms with van der Waals surface area (Å²) in [6.07, 6.45) is 0. The average Bonchev–Trinajstić information content (AvgIpc) is 2.96. The smallest absolute Gasteiger partial charge is 0.240 e. The lowest BCUT2D eigenvalue weighted by Crippen LogP contribution is -2.27. The molecule has 0 aliphatic carbocycles. The monoisotopic (exact) mass is 376 g/mol. The van der Waals surface area contributed by atoms with Gasteiger partial charge in [0.2, 0.25) is 5.91 Å². The molecule has 0 spiro atoms. The van der Waals surface area contributed by atoms with Crippen molar-refractivity contribution in [3.63, 3.8) is 0 Å². The first-order valence-corrected chi connectivity index (χ1v) is 8.24. The first-order chi connectivity index (χ1) is 12.0. The Morgan fingerprint density at radius 2 is 1.96 bits per heavy atom. The van der Waals surface area contributed by atoms with Crippen LogP contribution in [0.15, 0.2) is 48.5 Å². The number of rotatable bonds is 5. The van der Waals surface area contributed by atoms with Crippen LogP contribution >= 0.6 is 23.8 Å². The highest BCUT2D eigenvalue weighted by atomic mass is 35.5. The Kier molecular flexibility index (Phi) is 5.25. The molecule has 1 aromatic heterocycles. The molecular formula is C17H14ClFN4OS. The van der Waals surface area contributed by atoms with E-state index < -0.39 is 0 Å². The second kappa shape index (κ2) is 7.58. The third-order valence-corrected chi connectivity index (χ3v) is 4.16. The summed E-state index contributed by atoms with van der Waals surface area (Å²) < 4.78 is 15.5. The van der Waals surface area contributed by atoms with Gasteiger partial charge in [-0.15, -0.1) is 0 Å². The molecule has 1 amide bonds. The molecule has 0 saturated carbocycles. The van der Waals surface area contributed by atoms with Gasteiger partial charge in [-0.3, -0.25) is 14.5 Å². The number of carbonyl (C=O) groups excluding carboxylic acids is 1. The third-order valence-electron chi connectivity index (χ3n) is 3.60. The summed E-state index contributed by atoms with van der Waals surface area (Å²) in [6, 6.07) is 13.3. The Morgan fingerprint density at radius 3 is 2.68 bits per heavy atom. The number of hydrogen-bond donors (Lipinski definition) is 2. The molecule has 1 heterocycles. The quantitative estimate of drug-likeness (QED) is 0.667. The summed E-state index contributed by atoms with van der Waals surface area (Å²) in [4.78, 5) is 12.2. The molecule has 2 aromatic carbocycles. The normalized spacial score (nSPS) is 10.6. The number of H-pyrrole nitrogens is 1. The highest BCUT2D eigenvalue weighted by molar-refractivity contribution is 7.71. The van der Waals surface area contributed by atoms with Crippen LogP contribution in [0, 0.1) is 10.6 Å². The summed E-state index contributed by atoms with van der Waals surface area (Å²) in [5, 5.41) is 10.1. The Bertz CT molecular complexity index is 952. The minimum absolute atomic E-state index is 0.0260. The van der Waals surface area contributed by atoms with Gasteiger partial charge in [0.1, 0.15) is 12.4 Å². The molecule has 2 N–H and O–H groups in total. The molecule has 0 unspecified atom stereocenters. The van der Waals surface area contributed by atoms with Gasteiger partial charge in [0.05, 0.1) is 0 Å². The highest BCUT2D eigenvalue weighted by Crippen LogP contribution is 2.19. The van der Waals surface area contributed by atoms with Gasteiger partial charge in [-0.1, -0.05) is 29.8 Å². The van der Waals surface area contributed by atoms with Crippen molar-refractivity contribution in [2.24, 2.45) is 0 Å². The first kappa shape index (κ1) is 17.3. The maximum atomic E-state index is 13.6. The van der Waals surface area contributed by atoms with Crippen LogP contribution in [0.5, 0.6) is 0 Å². The van der Waals surface area contributed by atoms with Crippen molar-refractivity contribution in [2.45, 2.75) is 13.1 Å². The van der Waals surface area contributed by atoms with Crippen molar-refractivity contribution in [3.8, 4) is 11.4 Å². The van der Waals surface area contributed by atoms with Crippen molar-refractivity contribution in [2.75, 3.05) is 0 Å². The van der Waals surface area contributed by atoms with Gasteiger partial charge in [-0.25, -0.2) is 4.39 Å². The number of aromatic nitrogens is 3. The van der Waals surface area contributed by atoms with E-state index in [4.69, 9.17) is 23.8 Å². The van der Waals surface area contributed by atoms with Crippen LogP contribution in [0.2, 0.25) is 5.02 Å². The highest BCUT2D eigenvalue weighted by Gasteiger charge is 2.12. The van der Waals surface area contributed by atoms with Gasteiger partial charge in [0, 0.05) is 22.7 Å². The summed E-state index contributed by atoms with van der Waals surface area (Å²) in [7, 11) is 0. The molecule has 3 aromatic rings. The fourth-order valence-corrected chi connectivity index (χ4v) is 2.64. The Hall–Kier alpha value is -2.51. The minimum atomic E-state index is -0.357. The standard InChI is InChI=1S/C17H14ClFN4OS/c18-13-7-5-11(6-8-13)16-21-22-17(25)23(16)10-15(24)20-9-12-3-1-2-4-14(12)19/h1-8H,9-10H2,(H,20,24)(H,22,25). The zero-order chi connectivity index (χ0) is 17.8. The van der Waals surface area contributed by atoms with Crippen LogP contribution in [0.25, 0.3) is 11.4 Å². The SMILES string of the molecule is O=C(Cn1c(-c2ccc(Cl)cc2)n[nH]c1=S)NCc1ccccc1F. The predicted octanol–water partition coefficient (Wildman–Crippen LogP) is 3.72. The van der Waals surface area contributed by atoms with Gasteiger partial charge in [0.25, 0.3) is 0 Å². The van der Waals surface area contributed by atoms with Crippen molar-refractivity contribution >= 4 is 29.7 Å². The molecule has 3 rings (SSSR count). The zero-order valence-corrected chi connectivity index (χ0v) is 14.6. The lowest BCUT2D eigenvalue weighted by Gasteiger charge is -2.09. The maximum absolute atomic E-state index is 13.6. The second-order valence-corrected chi connectivity index (χ2v) is 6.14. The van der Waals surface area contributed by atoms with Crippen LogP contribution < -0.4 is 5.32 Å². The van der Waals surface area contributed by atoms with Gasteiger partial charge in [-0.05, 0) is 42.5 Å². The molecular weight excluding hydrogens is 363 g/mol. The Labute approximate surface area is 153 Å². The van der Waals surface area contributed by atoms with E-state index in [1.807, 2.05) is 0 Å². The molecule has 128 valence electrons. The summed E-state index contributed by atoms with van der Waals surface area (Å²) in [6.45, 7) is 0.0781. The molecule has 0 aliphatic rings. The molecule has 0 atom stereocenters. The van der Waals surface area contributed by atoms with E-state index in [2.05, 4.69) is 15.5 Å². The van der Waals surface area contributed by atoms with Gasteiger partial charge in [-0.2, -0.15) is 5.10 Å². The fourth-order valence-electron chi connectivity index (χ4n) is 2.32. The minimum Gasteiger partial charge on any atom is -0.350 e.